The maximum atomic E-state index is 11.9. The van der Waals surface area contributed by atoms with Crippen molar-refractivity contribution >= 4 is 5.91 Å². The molecule has 0 aromatic rings. The Labute approximate surface area is 106 Å². The third kappa shape index (κ3) is 5.07. The quantitative estimate of drug-likeness (QED) is 0.749. The Hall–Kier alpha value is -0.570. The van der Waals surface area contributed by atoms with E-state index in [0.29, 0.717) is 30.8 Å². The van der Waals surface area contributed by atoms with Gasteiger partial charge in [0.1, 0.15) is 0 Å². The largest absolute Gasteiger partial charge is 0.353 e. The van der Waals surface area contributed by atoms with Gasteiger partial charge in [-0.25, -0.2) is 0 Å². The van der Waals surface area contributed by atoms with Crippen LogP contribution in [0.25, 0.3) is 0 Å². The molecular weight excluding hydrogens is 212 g/mol. The number of hydrogen-bond acceptors (Lipinski definition) is 2. The Morgan fingerprint density at radius 3 is 2.53 bits per heavy atom. The summed E-state index contributed by atoms with van der Waals surface area (Å²) in [5, 5.41) is 3.15. The molecular formula is C14H28N2O. The zero-order valence-electron chi connectivity index (χ0n) is 11.4. The standard InChI is InChI=1S/C14H28N2O/c1-3-12(10-15)9-14(17)16-11(2)13-7-5-4-6-8-13/h11-13H,3-10,15H2,1-2H3,(H,16,17)/t11-,12?/m0/s1. The summed E-state index contributed by atoms with van der Waals surface area (Å²) in [5.41, 5.74) is 5.63. The SMILES string of the molecule is CCC(CN)CC(=O)N[C@@H](C)C1CCCCC1. The molecule has 0 radical (unpaired) electrons. The summed E-state index contributed by atoms with van der Waals surface area (Å²) in [6, 6.07) is 0.332. The lowest BCUT2D eigenvalue weighted by molar-refractivity contribution is -0.123. The van der Waals surface area contributed by atoms with Gasteiger partial charge in [0.05, 0.1) is 0 Å². The molecule has 0 heterocycles. The average Bonchev–Trinajstić information content (AvgIpc) is 2.37. The Morgan fingerprint density at radius 2 is 2.00 bits per heavy atom. The van der Waals surface area contributed by atoms with Gasteiger partial charge >= 0.3 is 0 Å². The van der Waals surface area contributed by atoms with E-state index in [4.69, 9.17) is 5.73 Å². The molecule has 0 aromatic carbocycles. The van der Waals surface area contributed by atoms with Crippen molar-refractivity contribution in [3.63, 3.8) is 0 Å². The number of nitrogens with two attached hydrogens (primary N) is 1. The fraction of sp³-hybridized carbons (Fsp3) is 0.929. The summed E-state index contributed by atoms with van der Waals surface area (Å²) >= 11 is 0. The highest BCUT2D eigenvalue weighted by atomic mass is 16.1. The molecule has 3 nitrogen and oxygen atoms in total. The molecule has 0 aliphatic heterocycles. The van der Waals surface area contributed by atoms with Gasteiger partial charge in [-0.15, -0.1) is 0 Å². The van der Waals surface area contributed by atoms with Crippen LogP contribution in [0.2, 0.25) is 0 Å². The minimum Gasteiger partial charge on any atom is -0.353 e. The molecule has 2 atom stereocenters. The normalized spacial score (nSPS) is 20.9. The molecule has 0 spiro atoms. The van der Waals surface area contributed by atoms with Gasteiger partial charge in [-0.2, -0.15) is 0 Å². The molecule has 100 valence electrons. The van der Waals surface area contributed by atoms with Crippen molar-refractivity contribution in [1.29, 1.82) is 0 Å². The van der Waals surface area contributed by atoms with Crippen molar-refractivity contribution in [2.75, 3.05) is 6.54 Å². The minimum atomic E-state index is 0.181. The van der Waals surface area contributed by atoms with E-state index in [1.807, 2.05) is 0 Å². The van der Waals surface area contributed by atoms with Crippen molar-refractivity contribution in [1.82, 2.24) is 5.32 Å². The van der Waals surface area contributed by atoms with E-state index >= 15 is 0 Å². The molecule has 1 aliphatic carbocycles. The lowest BCUT2D eigenvalue weighted by Gasteiger charge is -2.28. The van der Waals surface area contributed by atoms with Crippen LogP contribution < -0.4 is 11.1 Å². The Morgan fingerprint density at radius 1 is 1.35 bits per heavy atom. The van der Waals surface area contributed by atoms with Gasteiger partial charge in [0.2, 0.25) is 5.91 Å². The van der Waals surface area contributed by atoms with Gasteiger partial charge in [-0.3, -0.25) is 4.79 Å². The summed E-state index contributed by atoms with van der Waals surface area (Å²) in [6.45, 7) is 4.86. The van der Waals surface area contributed by atoms with Crippen LogP contribution in [0.15, 0.2) is 0 Å². The number of amides is 1. The molecule has 1 saturated carbocycles. The smallest absolute Gasteiger partial charge is 0.220 e. The summed E-state index contributed by atoms with van der Waals surface area (Å²) in [6.07, 6.45) is 8.13. The Bertz CT molecular complexity index is 220. The maximum Gasteiger partial charge on any atom is 0.220 e. The third-order valence-corrected chi connectivity index (χ3v) is 4.13. The second kappa shape index (κ2) is 7.70. The number of carbonyl (C=O) groups excluding carboxylic acids is 1. The molecule has 3 heteroatoms. The van der Waals surface area contributed by atoms with Crippen LogP contribution in [0, 0.1) is 11.8 Å². The highest BCUT2D eigenvalue weighted by molar-refractivity contribution is 5.76. The zero-order valence-corrected chi connectivity index (χ0v) is 11.4. The first-order valence-corrected chi connectivity index (χ1v) is 7.16. The zero-order chi connectivity index (χ0) is 12.7. The first-order chi connectivity index (χ1) is 8.17. The first kappa shape index (κ1) is 14.5. The van der Waals surface area contributed by atoms with Crippen LogP contribution in [-0.2, 0) is 4.79 Å². The Kier molecular flexibility index (Phi) is 6.56. The lowest BCUT2D eigenvalue weighted by atomic mass is 9.84. The maximum absolute atomic E-state index is 11.9. The van der Waals surface area contributed by atoms with Gasteiger partial charge in [0.15, 0.2) is 0 Å². The second-order valence-electron chi connectivity index (χ2n) is 5.47. The van der Waals surface area contributed by atoms with E-state index in [9.17, 15) is 4.79 Å². The van der Waals surface area contributed by atoms with E-state index in [1.54, 1.807) is 0 Å². The number of hydrogen-bond donors (Lipinski definition) is 2. The molecule has 1 fully saturated rings. The molecule has 1 amide bonds. The predicted molar refractivity (Wildman–Crippen MR) is 71.6 cm³/mol. The van der Waals surface area contributed by atoms with Crippen molar-refractivity contribution in [3.05, 3.63) is 0 Å². The van der Waals surface area contributed by atoms with E-state index in [1.165, 1.54) is 32.1 Å². The van der Waals surface area contributed by atoms with Crippen LogP contribution in [0.1, 0.15) is 58.8 Å². The lowest BCUT2D eigenvalue weighted by Crippen LogP contribution is -2.40. The first-order valence-electron chi connectivity index (χ1n) is 7.16. The van der Waals surface area contributed by atoms with Crippen LogP contribution in [0.5, 0.6) is 0 Å². The molecule has 1 rings (SSSR count). The van der Waals surface area contributed by atoms with Crippen LogP contribution >= 0.6 is 0 Å². The fourth-order valence-corrected chi connectivity index (χ4v) is 2.72. The number of carbonyl (C=O) groups is 1. The number of rotatable bonds is 6. The van der Waals surface area contributed by atoms with Crippen molar-refractivity contribution in [3.8, 4) is 0 Å². The topological polar surface area (TPSA) is 55.1 Å². The number of nitrogens with one attached hydrogen (secondary N) is 1. The molecule has 0 aromatic heterocycles. The molecule has 17 heavy (non-hydrogen) atoms. The highest BCUT2D eigenvalue weighted by Crippen LogP contribution is 2.26. The highest BCUT2D eigenvalue weighted by Gasteiger charge is 2.22. The van der Waals surface area contributed by atoms with Crippen molar-refractivity contribution in [2.24, 2.45) is 17.6 Å². The van der Waals surface area contributed by atoms with Crippen molar-refractivity contribution in [2.45, 2.75) is 64.8 Å². The summed E-state index contributed by atoms with van der Waals surface area (Å²) in [7, 11) is 0. The van der Waals surface area contributed by atoms with Gasteiger partial charge in [0, 0.05) is 12.5 Å². The van der Waals surface area contributed by atoms with Crippen LogP contribution in [-0.4, -0.2) is 18.5 Å². The third-order valence-electron chi connectivity index (χ3n) is 4.13. The van der Waals surface area contributed by atoms with E-state index in [-0.39, 0.29) is 5.91 Å². The summed E-state index contributed by atoms with van der Waals surface area (Å²) in [5.74, 6) is 1.21. The van der Waals surface area contributed by atoms with E-state index in [2.05, 4.69) is 19.2 Å². The van der Waals surface area contributed by atoms with Gasteiger partial charge < -0.3 is 11.1 Å². The summed E-state index contributed by atoms with van der Waals surface area (Å²) < 4.78 is 0. The van der Waals surface area contributed by atoms with Crippen LogP contribution in [0.3, 0.4) is 0 Å². The molecule has 0 saturated heterocycles. The predicted octanol–water partition coefficient (Wildman–Crippen LogP) is 2.45. The molecule has 3 N–H and O–H groups in total. The fourth-order valence-electron chi connectivity index (χ4n) is 2.72. The van der Waals surface area contributed by atoms with Crippen molar-refractivity contribution < 1.29 is 4.79 Å². The molecule has 0 bridgehead atoms. The van der Waals surface area contributed by atoms with Gasteiger partial charge in [-0.1, -0.05) is 32.6 Å². The van der Waals surface area contributed by atoms with Gasteiger partial charge in [-0.05, 0) is 38.1 Å². The van der Waals surface area contributed by atoms with E-state index < -0.39 is 0 Å². The minimum absolute atomic E-state index is 0.181. The second-order valence-corrected chi connectivity index (χ2v) is 5.47. The summed E-state index contributed by atoms with van der Waals surface area (Å²) in [4.78, 5) is 11.9. The average molecular weight is 240 g/mol. The van der Waals surface area contributed by atoms with Gasteiger partial charge in [0.25, 0.3) is 0 Å². The monoisotopic (exact) mass is 240 g/mol. The van der Waals surface area contributed by atoms with Crippen LogP contribution in [0.4, 0.5) is 0 Å². The van der Waals surface area contributed by atoms with E-state index in [0.717, 1.165) is 6.42 Å². The molecule has 1 unspecified atom stereocenters. The Balaban J connectivity index is 2.29. The molecule has 1 aliphatic rings.